The average Bonchev–Trinajstić information content (AvgIpc) is 2.15. The highest BCUT2D eigenvalue weighted by atomic mass is 19.1. The topological polar surface area (TPSA) is 49.3 Å². The van der Waals surface area contributed by atoms with Gasteiger partial charge in [0, 0.05) is 6.04 Å². The highest BCUT2D eigenvalue weighted by Gasteiger charge is 2.28. The highest BCUT2D eigenvalue weighted by Crippen LogP contribution is 2.27. The summed E-state index contributed by atoms with van der Waals surface area (Å²) in [4.78, 5) is 11.7. The van der Waals surface area contributed by atoms with Gasteiger partial charge in [-0.2, -0.15) is 0 Å². The Balaban J connectivity index is 2.09. The third kappa shape index (κ3) is 2.01. The van der Waals surface area contributed by atoms with E-state index in [2.05, 4.69) is 12.2 Å². The second-order valence-electron chi connectivity index (χ2n) is 4.38. The number of hydrogen-bond acceptors (Lipinski definition) is 2. The van der Waals surface area contributed by atoms with Crippen LogP contribution in [0.25, 0.3) is 0 Å². The molecule has 0 spiro atoms. The molecule has 1 amide bonds. The number of phenols is 1. The summed E-state index contributed by atoms with van der Waals surface area (Å²) >= 11 is 0. The summed E-state index contributed by atoms with van der Waals surface area (Å²) in [6, 6.07) is 3.95. The monoisotopic (exact) mass is 223 g/mol. The van der Waals surface area contributed by atoms with E-state index in [4.69, 9.17) is 0 Å². The Morgan fingerprint density at radius 1 is 1.50 bits per heavy atom. The molecule has 0 unspecified atom stereocenters. The number of phenolic OH excluding ortho intramolecular Hbond substituents is 1. The summed E-state index contributed by atoms with van der Waals surface area (Å²) < 4.78 is 13.3. The third-order valence-corrected chi connectivity index (χ3v) is 2.93. The first-order chi connectivity index (χ1) is 7.58. The molecular weight excluding hydrogens is 209 g/mol. The predicted octanol–water partition coefficient (Wildman–Crippen LogP) is 2.06. The van der Waals surface area contributed by atoms with Gasteiger partial charge < -0.3 is 10.4 Å². The lowest BCUT2D eigenvalue weighted by atomic mass is 9.82. The number of carbonyl (C=O) groups is 1. The Morgan fingerprint density at radius 2 is 2.19 bits per heavy atom. The minimum atomic E-state index is -0.690. The highest BCUT2D eigenvalue weighted by molar-refractivity contribution is 5.97. The zero-order valence-corrected chi connectivity index (χ0v) is 9.03. The molecule has 1 fully saturated rings. The SMILES string of the molecule is CC1CC(NC(=O)c2c(O)cccc2F)C1. The fourth-order valence-electron chi connectivity index (χ4n) is 2.02. The summed E-state index contributed by atoms with van der Waals surface area (Å²) in [6.07, 6.45) is 1.84. The van der Waals surface area contributed by atoms with Crippen LogP contribution in [0, 0.1) is 11.7 Å². The van der Waals surface area contributed by atoms with Crippen molar-refractivity contribution in [1.29, 1.82) is 0 Å². The maximum absolute atomic E-state index is 13.3. The minimum absolute atomic E-state index is 0.113. The van der Waals surface area contributed by atoms with Gasteiger partial charge in [-0.15, -0.1) is 0 Å². The van der Waals surface area contributed by atoms with Gasteiger partial charge in [0.15, 0.2) is 0 Å². The van der Waals surface area contributed by atoms with Gasteiger partial charge in [0.2, 0.25) is 0 Å². The van der Waals surface area contributed by atoms with Crippen LogP contribution in [0.3, 0.4) is 0 Å². The quantitative estimate of drug-likeness (QED) is 0.806. The molecule has 1 aromatic rings. The number of nitrogens with one attached hydrogen (secondary N) is 1. The zero-order valence-electron chi connectivity index (χ0n) is 9.03. The number of hydrogen-bond donors (Lipinski definition) is 2. The van der Waals surface area contributed by atoms with E-state index in [1.54, 1.807) is 0 Å². The molecular formula is C12H14FNO2. The van der Waals surface area contributed by atoms with E-state index >= 15 is 0 Å². The van der Waals surface area contributed by atoms with Crippen LogP contribution in [0.1, 0.15) is 30.1 Å². The summed E-state index contributed by atoms with van der Waals surface area (Å²) in [5, 5.41) is 12.1. The molecule has 0 aliphatic heterocycles. The fraction of sp³-hybridized carbons (Fsp3) is 0.417. The number of amides is 1. The van der Waals surface area contributed by atoms with Crippen molar-refractivity contribution >= 4 is 5.91 Å². The van der Waals surface area contributed by atoms with Crippen LogP contribution in [-0.4, -0.2) is 17.1 Å². The van der Waals surface area contributed by atoms with Crippen LogP contribution in [-0.2, 0) is 0 Å². The number of rotatable bonds is 2. The van der Waals surface area contributed by atoms with Crippen molar-refractivity contribution in [2.75, 3.05) is 0 Å². The largest absolute Gasteiger partial charge is 0.507 e. The Bertz CT molecular complexity index is 393. The van der Waals surface area contributed by atoms with E-state index < -0.39 is 11.7 Å². The Kier molecular flexibility index (Phi) is 2.81. The summed E-state index contributed by atoms with van der Waals surface area (Å²) in [6.45, 7) is 2.10. The first-order valence-corrected chi connectivity index (χ1v) is 5.36. The Hall–Kier alpha value is -1.58. The number of halogens is 1. The van der Waals surface area contributed by atoms with Crippen LogP contribution < -0.4 is 5.32 Å². The molecule has 16 heavy (non-hydrogen) atoms. The molecule has 1 aromatic carbocycles. The second kappa shape index (κ2) is 4.12. The van der Waals surface area contributed by atoms with Crippen molar-refractivity contribution in [3.8, 4) is 5.75 Å². The van der Waals surface area contributed by atoms with Crippen LogP contribution in [0.15, 0.2) is 18.2 Å². The smallest absolute Gasteiger partial charge is 0.258 e. The molecule has 0 heterocycles. The molecule has 4 heteroatoms. The molecule has 0 aromatic heterocycles. The lowest BCUT2D eigenvalue weighted by Gasteiger charge is -2.33. The normalized spacial score (nSPS) is 23.6. The van der Waals surface area contributed by atoms with Crippen molar-refractivity contribution < 1.29 is 14.3 Å². The summed E-state index contributed by atoms with van der Waals surface area (Å²) in [7, 11) is 0. The van der Waals surface area contributed by atoms with Crippen LogP contribution in [0.5, 0.6) is 5.75 Å². The van der Waals surface area contributed by atoms with E-state index in [1.165, 1.54) is 12.1 Å². The molecule has 2 N–H and O–H groups in total. The number of benzene rings is 1. The molecule has 0 bridgehead atoms. The summed E-state index contributed by atoms with van der Waals surface area (Å²) in [5.41, 5.74) is -0.262. The van der Waals surface area contributed by atoms with Crippen molar-refractivity contribution in [2.24, 2.45) is 5.92 Å². The molecule has 3 nitrogen and oxygen atoms in total. The maximum atomic E-state index is 13.3. The Labute approximate surface area is 93.3 Å². The van der Waals surface area contributed by atoms with E-state index in [1.807, 2.05) is 0 Å². The van der Waals surface area contributed by atoms with Gasteiger partial charge in [-0.05, 0) is 30.9 Å². The van der Waals surface area contributed by atoms with Gasteiger partial charge in [0.1, 0.15) is 17.1 Å². The average molecular weight is 223 g/mol. The van der Waals surface area contributed by atoms with E-state index in [-0.39, 0.29) is 17.4 Å². The van der Waals surface area contributed by atoms with Gasteiger partial charge in [-0.3, -0.25) is 4.79 Å². The first kappa shape index (κ1) is 10.9. The second-order valence-corrected chi connectivity index (χ2v) is 4.38. The van der Waals surface area contributed by atoms with E-state index in [0.29, 0.717) is 5.92 Å². The van der Waals surface area contributed by atoms with Gasteiger partial charge in [0.05, 0.1) is 0 Å². The molecule has 1 saturated carbocycles. The molecule has 0 radical (unpaired) electrons. The predicted molar refractivity (Wildman–Crippen MR) is 57.7 cm³/mol. The van der Waals surface area contributed by atoms with Crippen LogP contribution >= 0.6 is 0 Å². The van der Waals surface area contributed by atoms with Crippen molar-refractivity contribution in [3.63, 3.8) is 0 Å². The van der Waals surface area contributed by atoms with Gasteiger partial charge in [-0.1, -0.05) is 13.0 Å². The molecule has 0 atom stereocenters. The zero-order chi connectivity index (χ0) is 11.7. The molecule has 1 aliphatic rings. The van der Waals surface area contributed by atoms with Crippen molar-refractivity contribution in [2.45, 2.75) is 25.8 Å². The van der Waals surface area contributed by atoms with Crippen LogP contribution in [0.2, 0.25) is 0 Å². The summed E-state index contributed by atoms with van der Waals surface area (Å²) in [5.74, 6) is -0.929. The van der Waals surface area contributed by atoms with E-state index in [0.717, 1.165) is 18.9 Å². The van der Waals surface area contributed by atoms with Gasteiger partial charge in [-0.25, -0.2) is 4.39 Å². The van der Waals surface area contributed by atoms with Gasteiger partial charge in [0.25, 0.3) is 5.91 Å². The number of carbonyl (C=O) groups excluding carboxylic acids is 1. The third-order valence-electron chi connectivity index (χ3n) is 2.93. The van der Waals surface area contributed by atoms with Crippen molar-refractivity contribution in [3.05, 3.63) is 29.6 Å². The minimum Gasteiger partial charge on any atom is -0.507 e. The van der Waals surface area contributed by atoms with E-state index in [9.17, 15) is 14.3 Å². The molecule has 0 saturated heterocycles. The maximum Gasteiger partial charge on any atom is 0.258 e. The standard InChI is InChI=1S/C12H14FNO2/c1-7-5-8(6-7)14-12(16)11-9(13)3-2-4-10(11)15/h2-4,7-8,15H,5-6H2,1H3,(H,14,16). The molecule has 86 valence electrons. The Morgan fingerprint density at radius 3 is 2.75 bits per heavy atom. The lowest BCUT2D eigenvalue weighted by Crippen LogP contribution is -2.43. The fourth-order valence-corrected chi connectivity index (χ4v) is 2.02. The van der Waals surface area contributed by atoms with Crippen molar-refractivity contribution in [1.82, 2.24) is 5.32 Å². The molecule has 2 rings (SSSR count). The molecule has 1 aliphatic carbocycles. The van der Waals surface area contributed by atoms with Gasteiger partial charge >= 0.3 is 0 Å². The lowest BCUT2D eigenvalue weighted by molar-refractivity contribution is 0.0889. The first-order valence-electron chi connectivity index (χ1n) is 5.36. The van der Waals surface area contributed by atoms with Crippen LogP contribution in [0.4, 0.5) is 4.39 Å². The number of aromatic hydroxyl groups is 1.